The predicted octanol–water partition coefficient (Wildman–Crippen LogP) is 0.372. The van der Waals surface area contributed by atoms with Crippen LogP contribution in [0.1, 0.15) is 15.2 Å². The SMILES string of the molecule is COC(=O)c1sccc1C#CC(N)=O. The number of ether oxygens (including phenoxy) is 1. The van der Waals surface area contributed by atoms with Gasteiger partial charge in [-0.05, 0) is 11.4 Å². The van der Waals surface area contributed by atoms with Gasteiger partial charge in [-0.3, -0.25) is 4.79 Å². The van der Waals surface area contributed by atoms with Crippen LogP contribution >= 0.6 is 11.3 Å². The number of esters is 1. The Balaban J connectivity index is 3.01. The Morgan fingerprint density at radius 3 is 2.86 bits per heavy atom. The van der Waals surface area contributed by atoms with Crippen LogP contribution in [0.2, 0.25) is 0 Å². The van der Waals surface area contributed by atoms with E-state index in [0.717, 1.165) is 0 Å². The van der Waals surface area contributed by atoms with Crippen molar-refractivity contribution in [3.8, 4) is 11.8 Å². The normalized spacial score (nSPS) is 8.64. The summed E-state index contributed by atoms with van der Waals surface area (Å²) in [6, 6.07) is 1.63. The maximum atomic E-state index is 11.1. The molecule has 0 radical (unpaired) electrons. The lowest BCUT2D eigenvalue weighted by Gasteiger charge is -1.94. The maximum absolute atomic E-state index is 11.1. The molecule has 1 amide bonds. The van der Waals surface area contributed by atoms with E-state index < -0.39 is 11.9 Å². The number of amides is 1. The largest absolute Gasteiger partial charge is 0.465 e. The number of thiophene rings is 1. The summed E-state index contributed by atoms with van der Waals surface area (Å²) in [5, 5.41) is 1.69. The Bertz CT molecular complexity index is 425. The van der Waals surface area contributed by atoms with Crippen molar-refractivity contribution in [2.24, 2.45) is 5.73 Å². The van der Waals surface area contributed by atoms with Gasteiger partial charge in [0, 0.05) is 5.92 Å². The van der Waals surface area contributed by atoms with Crippen molar-refractivity contribution in [1.82, 2.24) is 0 Å². The third-order valence-electron chi connectivity index (χ3n) is 1.36. The first-order valence-electron chi connectivity index (χ1n) is 3.62. The van der Waals surface area contributed by atoms with Crippen molar-refractivity contribution in [1.29, 1.82) is 0 Å². The molecule has 0 saturated heterocycles. The number of carbonyl (C=O) groups is 2. The summed E-state index contributed by atoms with van der Waals surface area (Å²) >= 11 is 1.20. The first kappa shape index (κ1) is 10.3. The summed E-state index contributed by atoms with van der Waals surface area (Å²) in [5.41, 5.74) is 5.30. The number of primary amides is 1. The molecule has 0 aliphatic heterocycles. The van der Waals surface area contributed by atoms with Gasteiger partial charge in [0.15, 0.2) is 0 Å². The zero-order valence-corrected chi connectivity index (χ0v) is 8.18. The fourth-order valence-electron chi connectivity index (χ4n) is 0.787. The zero-order valence-electron chi connectivity index (χ0n) is 7.37. The highest BCUT2D eigenvalue weighted by atomic mass is 32.1. The minimum Gasteiger partial charge on any atom is -0.465 e. The van der Waals surface area contributed by atoms with Gasteiger partial charge in [0.25, 0.3) is 5.91 Å². The van der Waals surface area contributed by atoms with Crippen LogP contribution in [0.25, 0.3) is 0 Å². The number of carbonyl (C=O) groups excluding carboxylic acids is 2. The monoisotopic (exact) mass is 209 g/mol. The summed E-state index contributed by atoms with van der Waals surface area (Å²) in [4.78, 5) is 21.9. The predicted molar refractivity (Wildman–Crippen MR) is 51.7 cm³/mol. The molecule has 5 heteroatoms. The molecule has 0 spiro atoms. The van der Waals surface area contributed by atoms with Gasteiger partial charge in [-0.25, -0.2) is 4.79 Å². The van der Waals surface area contributed by atoms with Gasteiger partial charge in [-0.1, -0.05) is 5.92 Å². The molecule has 1 rings (SSSR count). The van der Waals surface area contributed by atoms with E-state index in [1.165, 1.54) is 18.4 Å². The molecule has 14 heavy (non-hydrogen) atoms. The van der Waals surface area contributed by atoms with Crippen molar-refractivity contribution in [2.45, 2.75) is 0 Å². The van der Waals surface area contributed by atoms with E-state index in [-0.39, 0.29) is 0 Å². The number of methoxy groups -OCH3 is 1. The van der Waals surface area contributed by atoms with E-state index in [0.29, 0.717) is 10.4 Å². The van der Waals surface area contributed by atoms with Crippen molar-refractivity contribution >= 4 is 23.2 Å². The molecule has 0 unspecified atom stereocenters. The van der Waals surface area contributed by atoms with Crippen molar-refractivity contribution in [3.63, 3.8) is 0 Å². The second kappa shape index (κ2) is 4.44. The average Bonchev–Trinajstić information content (AvgIpc) is 2.61. The van der Waals surface area contributed by atoms with E-state index >= 15 is 0 Å². The number of hydrogen-bond acceptors (Lipinski definition) is 4. The summed E-state index contributed by atoms with van der Waals surface area (Å²) in [6.45, 7) is 0. The van der Waals surface area contributed by atoms with Crippen molar-refractivity contribution < 1.29 is 14.3 Å². The van der Waals surface area contributed by atoms with E-state index in [2.05, 4.69) is 16.6 Å². The molecule has 2 N–H and O–H groups in total. The molecular weight excluding hydrogens is 202 g/mol. The van der Waals surface area contributed by atoms with Crippen LogP contribution in [0.5, 0.6) is 0 Å². The lowest BCUT2D eigenvalue weighted by Crippen LogP contribution is -2.06. The summed E-state index contributed by atoms with van der Waals surface area (Å²) in [7, 11) is 1.29. The van der Waals surface area contributed by atoms with Gasteiger partial charge in [-0.15, -0.1) is 11.3 Å². The van der Waals surface area contributed by atoms with Crippen LogP contribution in [-0.2, 0) is 9.53 Å². The second-order valence-corrected chi connectivity index (χ2v) is 3.19. The third kappa shape index (κ3) is 2.34. The molecule has 0 aromatic carbocycles. The van der Waals surface area contributed by atoms with Crippen LogP contribution in [0.4, 0.5) is 0 Å². The molecular formula is C9H7NO3S. The molecule has 1 aromatic heterocycles. The highest BCUT2D eigenvalue weighted by Gasteiger charge is 2.11. The topological polar surface area (TPSA) is 69.4 Å². The van der Waals surface area contributed by atoms with Crippen LogP contribution in [0.15, 0.2) is 11.4 Å². The molecule has 0 atom stereocenters. The van der Waals surface area contributed by atoms with Gasteiger partial charge in [0.1, 0.15) is 4.88 Å². The third-order valence-corrected chi connectivity index (χ3v) is 2.25. The fourth-order valence-corrected chi connectivity index (χ4v) is 1.55. The molecule has 1 heterocycles. The van der Waals surface area contributed by atoms with Crippen molar-refractivity contribution in [3.05, 3.63) is 21.9 Å². The Labute approximate surface area is 84.7 Å². The minimum absolute atomic E-state index is 0.376. The van der Waals surface area contributed by atoms with E-state index in [9.17, 15) is 9.59 Å². The van der Waals surface area contributed by atoms with Crippen LogP contribution < -0.4 is 5.73 Å². The minimum atomic E-state index is -0.730. The number of rotatable bonds is 1. The lowest BCUT2D eigenvalue weighted by molar-refractivity contribution is -0.112. The van der Waals surface area contributed by atoms with E-state index in [1.54, 1.807) is 11.4 Å². The number of hydrogen-bond donors (Lipinski definition) is 1. The molecule has 0 bridgehead atoms. The smallest absolute Gasteiger partial charge is 0.349 e. The summed E-state index contributed by atoms with van der Waals surface area (Å²) in [6.07, 6.45) is 0. The Morgan fingerprint density at radius 2 is 2.29 bits per heavy atom. The van der Waals surface area contributed by atoms with Gasteiger partial charge in [0.2, 0.25) is 0 Å². The van der Waals surface area contributed by atoms with Gasteiger partial charge < -0.3 is 10.5 Å². The van der Waals surface area contributed by atoms with E-state index in [1.807, 2.05) is 0 Å². The van der Waals surface area contributed by atoms with E-state index in [4.69, 9.17) is 5.73 Å². The van der Waals surface area contributed by atoms with Gasteiger partial charge in [-0.2, -0.15) is 0 Å². The zero-order chi connectivity index (χ0) is 10.6. The first-order chi connectivity index (χ1) is 6.65. The van der Waals surface area contributed by atoms with Gasteiger partial charge >= 0.3 is 5.97 Å². The molecule has 72 valence electrons. The summed E-state index contributed by atoms with van der Waals surface area (Å²) in [5.74, 6) is 3.45. The molecule has 0 fully saturated rings. The van der Waals surface area contributed by atoms with Crippen LogP contribution in [0.3, 0.4) is 0 Å². The van der Waals surface area contributed by atoms with Crippen LogP contribution in [-0.4, -0.2) is 19.0 Å². The Kier molecular flexibility index (Phi) is 3.26. The lowest BCUT2D eigenvalue weighted by atomic mass is 10.2. The first-order valence-corrected chi connectivity index (χ1v) is 4.50. The number of nitrogens with two attached hydrogens (primary N) is 1. The highest BCUT2D eigenvalue weighted by Crippen LogP contribution is 2.16. The molecule has 0 aliphatic carbocycles. The quantitative estimate of drug-likeness (QED) is 0.536. The second-order valence-electron chi connectivity index (χ2n) is 2.27. The van der Waals surface area contributed by atoms with Crippen molar-refractivity contribution in [2.75, 3.05) is 7.11 Å². The molecule has 4 nitrogen and oxygen atoms in total. The fraction of sp³-hybridized carbons (Fsp3) is 0.111. The average molecular weight is 209 g/mol. The molecule has 1 aromatic rings. The van der Waals surface area contributed by atoms with Crippen LogP contribution in [0, 0.1) is 11.8 Å². The Morgan fingerprint density at radius 1 is 1.57 bits per heavy atom. The molecule has 0 saturated carbocycles. The standard InChI is InChI=1S/C9H7NO3S/c1-13-9(12)8-6(4-5-14-8)2-3-7(10)11/h4-5H,1H3,(H2,10,11). The Hall–Kier alpha value is -1.80. The highest BCUT2D eigenvalue weighted by molar-refractivity contribution is 7.12. The summed E-state index contributed by atoms with van der Waals surface area (Å²) < 4.78 is 4.53. The van der Waals surface area contributed by atoms with Gasteiger partial charge in [0.05, 0.1) is 12.7 Å². The molecule has 0 aliphatic rings. The maximum Gasteiger partial charge on any atom is 0.349 e.